The number of aromatic nitrogens is 3. The molecule has 1 saturated heterocycles. The summed E-state index contributed by atoms with van der Waals surface area (Å²) in [7, 11) is 0. The molecule has 4 nitrogen and oxygen atoms in total. The summed E-state index contributed by atoms with van der Waals surface area (Å²) in [6.45, 7) is 2.66. The van der Waals surface area contributed by atoms with Gasteiger partial charge in [-0.05, 0) is 18.8 Å². The number of ether oxygens (including phenoxy) is 1. The minimum absolute atomic E-state index is 0.482. The highest BCUT2D eigenvalue weighted by molar-refractivity contribution is 6.16. The van der Waals surface area contributed by atoms with E-state index in [0.29, 0.717) is 11.8 Å². The van der Waals surface area contributed by atoms with Gasteiger partial charge in [0.25, 0.3) is 0 Å². The Morgan fingerprint density at radius 1 is 1.50 bits per heavy atom. The zero-order valence-electron chi connectivity index (χ0n) is 8.03. The predicted molar refractivity (Wildman–Crippen MR) is 53.1 cm³/mol. The van der Waals surface area contributed by atoms with Gasteiger partial charge in [0.2, 0.25) is 0 Å². The van der Waals surface area contributed by atoms with Crippen LogP contribution in [0.4, 0.5) is 0 Å². The van der Waals surface area contributed by atoms with E-state index in [-0.39, 0.29) is 0 Å². The minimum Gasteiger partial charge on any atom is -0.381 e. The predicted octanol–water partition coefficient (Wildman–Crippen LogP) is 1.44. The van der Waals surface area contributed by atoms with Gasteiger partial charge in [0.05, 0.1) is 17.8 Å². The van der Waals surface area contributed by atoms with E-state index >= 15 is 0 Å². The van der Waals surface area contributed by atoms with Crippen LogP contribution in [0.3, 0.4) is 0 Å². The van der Waals surface area contributed by atoms with Crippen molar-refractivity contribution >= 4 is 11.6 Å². The number of nitrogens with zero attached hydrogens (tertiary/aromatic N) is 3. The maximum atomic E-state index is 5.77. The fourth-order valence-electron chi connectivity index (χ4n) is 1.71. The molecule has 0 bridgehead atoms. The normalized spacial score (nSPS) is 18.6. The first-order valence-corrected chi connectivity index (χ1v) is 5.44. The van der Waals surface area contributed by atoms with Crippen molar-refractivity contribution in [2.75, 3.05) is 13.2 Å². The molecule has 1 aliphatic rings. The lowest BCUT2D eigenvalue weighted by Crippen LogP contribution is -2.21. The van der Waals surface area contributed by atoms with E-state index in [4.69, 9.17) is 16.3 Å². The summed E-state index contributed by atoms with van der Waals surface area (Å²) in [5.41, 5.74) is 0.998. The fraction of sp³-hybridized carbons (Fsp3) is 0.778. The van der Waals surface area contributed by atoms with Crippen molar-refractivity contribution in [3.63, 3.8) is 0 Å². The summed E-state index contributed by atoms with van der Waals surface area (Å²) >= 11 is 5.77. The number of hydrogen-bond donors (Lipinski definition) is 0. The molecule has 1 aliphatic heterocycles. The van der Waals surface area contributed by atoms with Crippen molar-refractivity contribution in [2.45, 2.75) is 25.3 Å². The van der Waals surface area contributed by atoms with Gasteiger partial charge < -0.3 is 4.74 Å². The van der Waals surface area contributed by atoms with Crippen molar-refractivity contribution in [3.05, 3.63) is 11.9 Å². The molecular formula is C9H14ClN3O. The van der Waals surface area contributed by atoms with Crippen LogP contribution in [-0.2, 0) is 17.2 Å². The van der Waals surface area contributed by atoms with Crippen molar-refractivity contribution in [1.82, 2.24) is 15.0 Å². The van der Waals surface area contributed by atoms with Crippen LogP contribution >= 0.6 is 11.6 Å². The lowest BCUT2D eigenvalue weighted by atomic mass is 10.0. The van der Waals surface area contributed by atoms with E-state index in [1.807, 2.05) is 4.68 Å². The molecule has 0 amide bonds. The van der Waals surface area contributed by atoms with Crippen LogP contribution in [0.25, 0.3) is 0 Å². The van der Waals surface area contributed by atoms with Crippen molar-refractivity contribution in [3.8, 4) is 0 Å². The quantitative estimate of drug-likeness (QED) is 0.717. The first kappa shape index (κ1) is 9.93. The number of halogens is 1. The Bertz CT molecular complexity index is 283. The Morgan fingerprint density at radius 2 is 2.29 bits per heavy atom. The standard InChI is InChI=1S/C9H14ClN3O/c10-5-9-6-11-12-13(9)7-8-1-3-14-4-2-8/h6,8H,1-5,7H2. The lowest BCUT2D eigenvalue weighted by molar-refractivity contribution is 0.0597. The van der Waals surface area contributed by atoms with E-state index in [1.54, 1.807) is 6.20 Å². The molecule has 2 heterocycles. The summed E-state index contributed by atoms with van der Waals surface area (Å²) in [6, 6.07) is 0. The molecule has 1 aromatic rings. The van der Waals surface area contributed by atoms with Gasteiger partial charge in [-0.25, -0.2) is 4.68 Å². The molecule has 1 fully saturated rings. The summed E-state index contributed by atoms with van der Waals surface area (Å²) in [5.74, 6) is 1.14. The Hall–Kier alpha value is -0.610. The highest BCUT2D eigenvalue weighted by atomic mass is 35.5. The second kappa shape index (κ2) is 4.75. The van der Waals surface area contributed by atoms with Crippen molar-refractivity contribution in [2.24, 2.45) is 5.92 Å². The summed E-state index contributed by atoms with van der Waals surface area (Å²) in [4.78, 5) is 0. The molecule has 0 aromatic carbocycles. The van der Waals surface area contributed by atoms with E-state index in [1.165, 1.54) is 0 Å². The third kappa shape index (κ3) is 2.25. The smallest absolute Gasteiger partial charge is 0.0737 e. The molecule has 14 heavy (non-hydrogen) atoms. The first-order valence-electron chi connectivity index (χ1n) is 4.91. The Morgan fingerprint density at radius 3 is 3.00 bits per heavy atom. The van der Waals surface area contributed by atoms with Crippen LogP contribution in [-0.4, -0.2) is 28.2 Å². The molecule has 0 radical (unpaired) electrons. The van der Waals surface area contributed by atoms with Crippen LogP contribution < -0.4 is 0 Å². The van der Waals surface area contributed by atoms with Gasteiger partial charge in [-0.1, -0.05) is 5.21 Å². The first-order chi connectivity index (χ1) is 6.90. The van der Waals surface area contributed by atoms with Gasteiger partial charge >= 0.3 is 0 Å². The van der Waals surface area contributed by atoms with Crippen LogP contribution in [0.5, 0.6) is 0 Å². The summed E-state index contributed by atoms with van der Waals surface area (Å²) in [5, 5.41) is 7.88. The van der Waals surface area contributed by atoms with E-state index in [2.05, 4.69) is 10.3 Å². The maximum absolute atomic E-state index is 5.77. The van der Waals surface area contributed by atoms with Gasteiger partial charge in [0, 0.05) is 19.8 Å². The van der Waals surface area contributed by atoms with Crippen LogP contribution in [0, 0.1) is 5.92 Å². The largest absolute Gasteiger partial charge is 0.381 e. The van der Waals surface area contributed by atoms with Gasteiger partial charge in [-0.2, -0.15) is 0 Å². The molecule has 0 aliphatic carbocycles. The highest BCUT2D eigenvalue weighted by Gasteiger charge is 2.15. The lowest BCUT2D eigenvalue weighted by Gasteiger charge is -2.22. The molecule has 2 rings (SSSR count). The van der Waals surface area contributed by atoms with Gasteiger partial charge in [0.15, 0.2) is 0 Å². The molecule has 0 atom stereocenters. The Labute approximate surface area is 88.2 Å². The van der Waals surface area contributed by atoms with Crippen molar-refractivity contribution in [1.29, 1.82) is 0 Å². The monoisotopic (exact) mass is 215 g/mol. The third-order valence-corrected chi connectivity index (χ3v) is 2.88. The van der Waals surface area contributed by atoms with Crippen LogP contribution in [0.2, 0.25) is 0 Å². The van der Waals surface area contributed by atoms with Gasteiger partial charge in [-0.3, -0.25) is 0 Å². The molecule has 0 N–H and O–H groups in total. The van der Waals surface area contributed by atoms with E-state index in [9.17, 15) is 0 Å². The topological polar surface area (TPSA) is 39.9 Å². The number of rotatable bonds is 3. The average molecular weight is 216 g/mol. The van der Waals surface area contributed by atoms with Crippen molar-refractivity contribution < 1.29 is 4.74 Å². The summed E-state index contributed by atoms with van der Waals surface area (Å²) in [6.07, 6.45) is 3.95. The minimum atomic E-state index is 0.482. The molecule has 1 aromatic heterocycles. The summed E-state index contributed by atoms with van der Waals surface area (Å²) < 4.78 is 7.21. The molecular weight excluding hydrogens is 202 g/mol. The van der Waals surface area contributed by atoms with E-state index in [0.717, 1.165) is 38.3 Å². The molecule has 0 saturated carbocycles. The second-order valence-corrected chi connectivity index (χ2v) is 3.86. The molecule has 0 unspecified atom stereocenters. The maximum Gasteiger partial charge on any atom is 0.0737 e. The Balaban J connectivity index is 1.95. The SMILES string of the molecule is ClCc1cnnn1CC1CCOCC1. The van der Waals surface area contributed by atoms with Gasteiger partial charge in [-0.15, -0.1) is 16.7 Å². The zero-order valence-corrected chi connectivity index (χ0v) is 8.78. The molecule has 5 heteroatoms. The molecule has 0 spiro atoms. The van der Waals surface area contributed by atoms with Gasteiger partial charge in [0.1, 0.15) is 0 Å². The third-order valence-electron chi connectivity index (χ3n) is 2.61. The van der Waals surface area contributed by atoms with E-state index < -0.39 is 0 Å². The second-order valence-electron chi connectivity index (χ2n) is 3.60. The van der Waals surface area contributed by atoms with Crippen LogP contribution in [0.15, 0.2) is 6.20 Å². The average Bonchev–Trinajstić information content (AvgIpc) is 2.67. The highest BCUT2D eigenvalue weighted by Crippen LogP contribution is 2.17. The fourth-order valence-corrected chi connectivity index (χ4v) is 1.92. The van der Waals surface area contributed by atoms with Crippen LogP contribution in [0.1, 0.15) is 18.5 Å². The number of alkyl halides is 1. The Kier molecular flexibility index (Phi) is 3.37. The molecule has 78 valence electrons. The zero-order chi connectivity index (χ0) is 9.80. The number of hydrogen-bond acceptors (Lipinski definition) is 3.